The van der Waals surface area contributed by atoms with Crippen molar-refractivity contribution in [1.82, 2.24) is 10.9 Å². The van der Waals surface area contributed by atoms with Crippen LogP contribution in [0.3, 0.4) is 0 Å². The van der Waals surface area contributed by atoms with Crippen LogP contribution in [0.1, 0.15) is 38.5 Å². The van der Waals surface area contributed by atoms with E-state index < -0.39 is 0 Å². The number of hydrogen-bond donors (Lipinski definition) is 3. The molecule has 1 amide bonds. The van der Waals surface area contributed by atoms with Crippen LogP contribution < -0.4 is 16.7 Å². The number of hydrazone groups is 1. The van der Waals surface area contributed by atoms with Gasteiger partial charge in [-0.25, -0.2) is 5.84 Å². The number of rotatable bonds is 1. The topological polar surface area (TPSA) is 79.5 Å². The van der Waals surface area contributed by atoms with E-state index in [0.717, 1.165) is 12.8 Å². The lowest BCUT2D eigenvalue weighted by Gasteiger charge is -2.18. The molecule has 0 saturated carbocycles. The third kappa shape index (κ3) is 2.18. The maximum Gasteiger partial charge on any atom is 0.281 e. The first-order valence-corrected chi connectivity index (χ1v) is 5.35. The summed E-state index contributed by atoms with van der Waals surface area (Å²) in [4.78, 5) is 11.3. The molecule has 0 bridgehead atoms. The first-order valence-electron chi connectivity index (χ1n) is 5.35. The molecule has 15 heavy (non-hydrogen) atoms. The SMILES string of the molecule is NNC(=O)C1=NNC2=C(CCCCC2)C1. The minimum absolute atomic E-state index is 0.293. The average molecular weight is 208 g/mol. The van der Waals surface area contributed by atoms with Crippen LogP contribution in [0.5, 0.6) is 0 Å². The van der Waals surface area contributed by atoms with Gasteiger partial charge in [0.1, 0.15) is 5.71 Å². The molecule has 2 rings (SSSR count). The molecule has 82 valence electrons. The first-order chi connectivity index (χ1) is 7.31. The predicted octanol–water partition coefficient (Wildman–Crippen LogP) is 0.544. The number of amides is 1. The van der Waals surface area contributed by atoms with E-state index in [1.165, 1.54) is 30.5 Å². The Labute approximate surface area is 88.8 Å². The van der Waals surface area contributed by atoms with Crippen molar-refractivity contribution in [2.45, 2.75) is 38.5 Å². The molecular formula is C10H16N4O. The van der Waals surface area contributed by atoms with E-state index in [-0.39, 0.29) is 5.91 Å². The zero-order valence-corrected chi connectivity index (χ0v) is 8.68. The van der Waals surface area contributed by atoms with E-state index in [4.69, 9.17) is 5.84 Å². The van der Waals surface area contributed by atoms with Gasteiger partial charge in [-0.15, -0.1) is 0 Å². The lowest BCUT2D eigenvalue weighted by Crippen LogP contribution is -2.38. The van der Waals surface area contributed by atoms with E-state index in [0.29, 0.717) is 12.1 Å². The molecule has 1 aliphatic carbocycles. The van der Waals surface area contributed by atoms with Crippen LogP contribution in [0, 0.1) is 0 Å². The summed E-state index contributed by atoms with van der Waals surface area (Å²) < 4.78 is 0. The van der Waals surface area contributed by atoms with Gasteiger partial charge >= 0.3 is 0 Å². The van der Waals surface area contributed by atoms with Crippen LogP contribution in [0.15, 0.2) is 16.4 Å². The number of hydrazine groups is 1. The number of nitrogens with two attached hydrogens (primary N) is 1. The zero-order chi connectivity index (χ0) is 10.7. The number of carbonyl (C=O) groups is 1. The van der Waals surface area contributed by atoms with Gasteiger partial charge in [0.2, 0.25) is 0 Å². The van der Waals surface area contributed by atoms with Crippen molar-refractivity contribution in [3.63, 3.8) is 0 Å². The summed E-state index contributed by atoms with van der Waals surface area (Å²) in [6.07, 6.45) is 6.44. The molecule has 0 aromatic rings. The fourth-order valence-corrected chi connectivity index (χ4v) is 2.07. The van der Waals surface area contributed by atoms with Crippen LogP contribution in [-0.2, 0) is 4.79 Å². The minimum Gasteiger partial charge on any atom is -0.289 e. The molecule has 1 heterocycles. The predicted molar refractivity (Wildman–Crippen MR) is 57.6 cm³/mol. The van der Waals surface area contributed by atoms with Gasteiger partial charge in [-0.3, -0.25) is 15.6 Å². The minimum atomic E-state index is -0.293. The van der Waals surface area contributed by atoms with Gasteiger partial charge in [0.25, 0.3) is 5.91 Å². The summed E-state index contributed by atoms with van der Waals surface area (Å²) in [7, 11) is 0. The molecule has 2 aliphatic rings. The van der Waals surface area contributed by atoms with Crippen molar-refractivity contribution >= 4 is 11.6 Å². The van der Waals surface area contributed by atoms with Crippen molar-refractivity contribution in [3.05, 3.63) is 11.3 Å². The standard InChI is InChI=1S/C10H16N4O/c11-12-10(15)9-6-7-4-2-1-3-5-8(7)13-14-9/h13H,1-6,11H2,(H,12,15). The molecule has 0 spiro atoms. The second-order valence-electron chi connectivity index (χ2n) is 3.96. The highest BCUT2D eigenvalue weighted by Crippen LogP contribution is 2.26. The van der Waals surface area contributed by atoms with Crippen LogP contribution >= 0.6 is 0 Å². The van der Waals surface area contributed by atoms with Gasteiger partial charge in [-0.05, 0) is 31.3 Å². The lowest BCUT2D eigenvalue weighted by molar-refractivity contribution is -0.115. The Kier molecular flexibility index (Phi) is 3.01. The molecule has 5 nitrogen and oxygen atoms in total. The zero-order valence-electron chi connectivity index (χ0n) is 8.68. The third-order valence-corrected chi connectivity index (χ3v) is 2.93. The van der Waals surface area contributed by atoms with Crippen LogP contribution in [0.25, 0.3) is 0 Å². The van der Waals surface area contributed by atoms with E-state index >= 15 is 0 Å². The molecule has 0 aromatic carbocycles. The van der Waals surface area contributed by atoms with Crippen LogP contribution in [0.4, 0.5) is 0 Å². The van der Waals surface area contributed by atoms with Crippen molar-refractivity contribution < 1.29 is 4.79 Å². The van der Waals surface area contributed by atoms with E-state index in [2.05, 4.69) is 16.0 Å². The number of carbonyl (C=O) groups excluding carboxylic acids is 1. The molecule has 0 saturated heterocycles. The molecule has 5 heteroatoms. The summed E-state index contributed by atoms with van der Waals surface area (Å²) in [5.74, 6) is 4.78. The average Bonchev–Trinajstić information content (AvgIpc) is 2.51. The largest absolute Gasteiger partial charge is 0.289 e. The third-order valence-electron chi connectivity index (χ3n) is 2.93. The van der Waals surface area contributed by atoms with E-state index in [1.807, 2.05) is 0 Å². The van der Waals surface area contributed by atoms with E-state index in [1.54, 1.807) is 0 Å². The monoisotopic (exact) mass is 208 g/mol. The van der Waals surface area contributed by atoms with Crippen LogP contribution in [-0.4, -0.2) is 11.6 Å². The van der Waals surface area contributed by atoms with Gasteiger partial charge in [-0.1, -0.05) is 6.42 Å². The Morgan fingerprint density at radius 2 is 2.13 bits per heavy atom. The van der Waals surface area contributed by atoms with Crippen molar-refractivity contribution in [3.8, 4) is 0 Å². The second-order valence-corrected chi connectivity index (χ2v) is 3.96. The number of nitrogens with one attached hydrogen (secondary N) is 2. The number of hydrogen-bond acceptors (Lipinski definition) is 4. The summed E-state index contributed by atoms with van der Waals surface area (Å²) in [6.45, 7) is 0. The molecule has 0 atom stereocenters. The van der Waals surface area contributed by atoms with Gasteiger partial charge in [0.05, 0.1) is 0 Å². The lowest BCUT2D eigenvalue weighted by atomic mass is 10.0. The summed E-state index contributed by atoms with van der Waals surface area (Å²) in [5.41, 5.74) is 8.11. The van der Waals surface area contributed by atoms with Gasteiger partial charge in [0.15, 0.2) is 0 Å². The number of nitrogens with zero attached hydrogens (tertiary/aromatic N) is 1. The molecule has 0 fully saturated rings. The van der Waals surface area contributed by atoms with Crippen molar-refractivity contribution in [1.29, 1.82) is 0 Å². The Morgan fingerprint density at radius 1 is 1.33 bits per heavy atom. The number of allylic oxidation sites excluding steroid dienone is 2. The fourth-order valence-electron chi connectivity index (χ4n) is 2.07. The normalized spacial score (nSPS) is 21.0. The highest BCUT2D eigenvalue weighted by Gasteiger charge is 2.21. The molecule has 4 N–H and O–H groups in total. The fraction of sp³-hybridized carbons (Fsp3) is 0.600. The maximum atomic E-state index is 11.3. The summed E-state index contributed by atoms with van der Waals surface area (Å²) in [5, 5.41) is 4.04. The quantitative estimate of drug-likeness (QED) is 0.334. The summed E-state index contributed by atoms with van der Waals surface area (Å²) >= 11 is 0. The molecule has 0 unspecified atom stereocenters. The molecular weight excluding hydrogens is 192 g/mol. The molecule has 0 aromatic heterocycles. The van der Waals surface area contributed by atoms with Gasteiger partial charge in [0, 0.05) is 12.1 Å². The molecule has 1 aliphatic heterocycles. The van der Waals surface area contributed by atoms with Gasteiger partial charge < -0.3 is 0 Å². The Balaban J connectivity index is 2.08. The van der Waals surface area contributed by atoms with E-state index in [9.17, 15) is 4.79 Å². The van der Waals surface area contributed by atoms with Crippen molar-refractivity contribution in [2.75, 3.05) is 0 Å². The smallest absolute Gasteiger partial charge is 0.281 e. The maximum absolute atomic E-state index is 11.3. The Morgan fingerprint density at radius 3 is 2.93 bits per heavy atom. The Hall–Kier alpha value is -1.36. The van der Waals surface area contributed by atoms with Crippen molar-refractivity contribution in [2.24, 2.45) is 10.9 Å². The van der Waals surface area contributed by atoms with Crippen LogP contribution in [0.2, 0.25) is 0 Å². The van der Waals surface area contributed by atoms with Gasteiger partial charge in [-0.2, -0.15) is 5.10 Å². The highest BCUT2D eigenvalue weighted by molar-refractivity contribution is 6.39. The second kappa shape index (κ2) is 4.44. The first kappa shape index (κ1) is 10.2. The Bertz CT molecular complexity index is 332. The summed E-state index contributed by atoms with van der Waals surface area (Å²) in [6, 6.07) is 0. The highest BCUT2D eigenvalue weighted by atomic mass is 16.2. The molecule has 0 radical (unpaired) electrons.